The summed E-state index contributed by atoms with van der Waals surface area (Å²) in [5.74, 6) is -5.30. The molecule has 0 aliphatic heterocycles. The van der Waals surface area contributed by atoms with E-state index in [-0.39, 0.29) is 15.3 Å². The van der Waals surface area contributed by atoms with Crippen molar-refractivity contribution in [1.82, 2.24) is 4.98 Å². The average molecular weight is 352 g/mol. The molecule has 122 valence electrons. The van der Waals surface area contributed by atoms with Gasteiger partial charge in [-0.05, 0) is 29.8 Å². The summed E-state index contributed by atoms with van der Waals surface area (Å²) < 4.78 is 52.7. The molecule has 1 aromatic heterocycles. The lowest BCUT2D eigenvalue weighted by Gasteiger charge is -1.96. The number of rotatable bonds is 3. The second kappa shape index (κ2) is 6.40. The third kappa shape index (κ3) is 3.28. The Labute approximate surface area is 137 Å². The molecular formula is C16H8F4N2OS. The van der Waals surface area contributed by atoms with E-state index in [0.29, 0.717) is 5.56 Å². The number of amides is 1. The van der Waals surface area contributed by atoms with Gasteiger partial charge in [0.2, 0.25) is 5.91 Å². The maximum Gasteiger partial charge on any atom is 0.250 e. The molecule has 0 bridgehead atoms. The second-order valence-electron chi connectivity index (χ2n) is 4.73. The van der Waals surface area contributed by atoms with Crippen LogP contribution in [0.5, 0.6) is 0 Å². The predicted octanol–water partition coefficient (Wildman–Crippen LogP) is 4.50. The third-order valence-corrected chi connectivity index (χ3v) is 3.97. The molecule has 1 N–H and O–H groups in total. The lowest BCUT2D eigenvalue weighted by molar-refractivity contribution is -0.111. The number of nitrogens with one attached hydrogen (secondary N) is 1. The van der Waals surface area contributed by atoms with E-state index in [1.54, 1.807) is 0 Å². The van der Waals surface area contributed by atoms with Gasteiger partial charge in [0.05, 0.1) is 4.70 Å². The number of aromatic nitrogens is 1. The van der Waals surface area contributed by atoms with Crippen molar-refractivity contribution in [3.63, 3.8) is 0 Å². The van der Waals surface area contributed by atoms with Crippen molar-refractivity contribution < 1.29 is 22.4 Å². The molecule has 0 aliphatic rings. The van der Waals surface area contributed by atoms with Crippen LogP contribution >= 0.6 is 11.3 Å². The van der Waals surface area contributed by atoms with Crippen molar-refractivity contribution in [2.75, 3.05) is 5.32 Å². The van der Waals surface area contributed by atoms with Gasteiger partial charge < -0.3 is 0 Å². The van der Waals surface area contributed by atoms with E-state index in [1.165, 1.54) is 36.4 Å². The molecule has 8 heteroatoms. The highest BCUT2D eigenvalue weighted by Crippen LogP contribution is 2.30. The van der Waals surface area contributed by atoms with Gasteiger partial charge >= 0.3 is 0 Å². The van der Waals surface area contributed by atoms with E-state index in [0.717, 1.165) is 17.4 Å². The molecule has 0 atom stereocenters. The first-order valence-electron chi connectivity index (χ1n) is 6.62. The summed E-state index contributed by atoms with van der Waals surface area (Å²) in [4.78, 5) is 15.5. The van der Waals surface area contributed by atoms with Crippen LogP contribution in [0.3, 0.4) is 0 Å². The zero-order valence-corrected chi connectivity index (χ0v) is 12.6. The largest absolute Gasteiger partial charge is 0.298 e. The van der Waals surface area contributed by atoms with Crippen molar-refractivity contribution in [2.24, 2.45) is 0 Å². The molecule has 1 heterocycles. The standard InChI is InChI=1S/C16H8F4N2OS/c17-9-4-1-8(2-5-9)3-6-12(23)21-16-22-15-11(24-16)7-10(18)13(19)14(15)20/h1-7H,(H,21,22,23)/b6-3+. The first kappa shape index (κ1) is 16.1. The van der Waals surface area contributed by atoms with Gasteiger partial charge in [0, 0.05) is 6.08 Å². The molecule has 3 nitrogen and oxygen atoms in total. The van der Waals surface area contributed by atoms with Crippen molar-refractivity contribution in [2.45, 2.75) is 0 Å². The predicted molar refractivity (Wildman–Crippen MR) is 83.6 cm³/mol. The Hall–Kier alpha value is -2.74. The zero-order valence-electron chi connectivity index (χ0n) is 11.8. The Morgan fingerprint density at radius 2 is 1.79 bits per heavy atom. The van der Waals surface area contributed by atoms with Gasteiger partial charge in [0.15, 0.2) is 22.6 Å². The SMILES string of the molecule is O=C(/C=C/c1ccc(F)cc1)Nc1nc2c(F)c(F)c(F)cc2s1. The molecule has 0 saturated carbocycles. The minimum Gasteiger partial charge on any atom is -0.298 e. The number of hydrogen-bond acceptors (Lipinski definition) is 3. The number of fused-ring (bicyclic) bond motifs is 1. The Morgan fingerprint density at radius 3 is 2.50 bits per heavy atom. The summed E-state index contributed by atoms with van der Waals surface area (Å²) in [6.45, 7) is 0. The van der Waals surface area contributed by atoms with Gasteiger partial charge in [0.1, 0.15) is 11.3 Å². The number of anilines is 1. The minimum atomic E-state index is -1.61. The number of thiazole rings is 1. The molecule has 0 fully saturated rings. The van der Waals surface area contributed by atoms with Crippen LogP contribution in [0, 0.1) is 23.3 Å². The van der Waals surface area contributed by atoms with E-state index in [9.17, 15) is 22.4 Å². The molecule has 2 aromatic carbocycles. The van der Waals surface area contributed by atoms with Crippen LogP contribution in [0.15, 0.2) is 36.4 Å². The van der Waals surface area contributed by atoms with E-state index in [2.05, 4.69) is 10.3 Å². The fourth-order valence-electron chi connectivity index (χ4n) is 1.92. The minimum absolute atomic E-state index is 0.00246. The highest BCUT2D eigenvalue weighted by molar-refractivity contribution is 7.22. The maximum absolute atomic E-state index is 13.6. The number of carbonyl (C=O) groups excluding carboxylic acids is 1. The molecule has 0 radical (unpaired) electrons. The van der Waals surface area contributed by atoms with Crippen LogP contribution in [-0.4, -0.2) is 10.9 Å². The van der Waals surface area contributed by atoms with Gasteiger partial charge in [-0.2, -0.15) is 0 Å². The van der Waals surface area contributed by atoms with E-state index in [4.69, 9.17) is 0 Å². The summed E-state index contributed by atoms with van der Waals surface area (Å²) in [5, 5.41) is 2.38. The first-order valence-corrected chi connectivity index (χ1v) is 7.44. The highest BCUT2D eigenvalue weighted by atomic mass is 32.1. The summed E-state index contributed by atoms with van der Waals surface area (Å²) in [6, 6.07) is 6.28. The smallest absolute Gasteiger partial charge is 0.250 e. The third-order valence-electron chi connectivity index (χ3n) is 3.05. The fourth-order valence-corrected chi connectivity index (χ4v) is 2.81. The highest BCUT2D eigenvalue weighted by Gasteiger charge is 2.17. The number of carbonyl (C=O) groups is 1. The quantitative estimate of drug-likeness (QED) is 0.428. The molecule has 1 amide bonds. The second-order valence-corrected chi connectivity index (χ2v) is 5.76. The van der Waals surface area contributed by atoms with Gasteiger partial charge in [-0.15, -0.1) is 0 Å². The molecule has 0 spiro atoms. The Morgan fingerprint density at radius 1 is 1.08 bits per heavy atom. The van der Waals surface area contributed by atoms with Crippen LogP contribution in [0.2, 0.25) is 0 Å². The first-order chi connectivity index (χ1) is 11.4. The number of benzene rings is 2. The van der Waals surface area contributed by atoms with Crippen molar-refractivity contribution in [3.8, 4) is 0 Å². The fraction of sp³-hybridized carbons (Fsp3) is 0. The summed E-state index contributed by atoms with van der Waals surface area (Å²) in [5.41, 5.74) is 0.253. The molecule has 0 saturated heterocycles. The van der Waals surface area contributed by atoms with Crippen molar-refractivity contribution in [1.29, 1.82) is 0 Å². The normalized spacial score (nSPS) is 11.3. The van der Waals surface area contributed by atoms with Gasteiger partial charge in [-0.3, -0.25) is 10.1 Å². The van der Waals surface area contributed by atoms with E-state index in [1.807, 2.05) is 0 Å². The number of hydrogen-bond donors (Lipinski definition) is 1. The van der Waals surface area contributed by atoms with Crippen LogP contribution in [0.1, 0.15) is 5.56 Å². The van der Waals surface area contributed by atoms with Crippen molar-refractivity contribution in [3.05, 3.63) is 65.2 Å². The van der Waals surface area contributed by atoms with E-state index >= 15 is 0 Å². The molecule has 0 unspecified atom stereocenters. The number of nitrogens with zero attached hydrogens (tertiary/aromatic N) is 1. The monoisotopic (exact) mass is 352 g/mol. The molecule has 24 heavy (non-hydrogen) atoms. The molecule has 0 aliphatic carbocycles. The van der Waals surface area contributed by atoms with E-state index < -0.39 is 29.2 Å². The Bertz CT molecular complexity index is 951. The van der Waals surface area contributed by atoms with Gasteiger partial charge in [-0.1, -0.05) is 23.5 Å². The Kier molecular flexibility index (Phi) is 4.30. The van der Waals surface area contributed by atoms with Crippen LogP contribution in [0.25, 0.3) is 16.3 Å². The van der Waals surface area contributed by atoms with Gasteiger partial charge in [0.25, 0.3) is 0 Å². The summed E-state index contributed by atoms with van der Waals surface area (Å²) in [6.07, 6.45) is 2.62. The van der Waals surface area contributed by atoms with Crippen LogP contribution < -0.4 is 5.32 Å². The molecular weight excluding hydrogens is 344 g/mol. The average Bonchev–Trinajstić information content (AvgIpc) is 2.94. The van der Waals surface area contributed by atoms with Crippen molar-refractivity contribution >= 4 is 38.7 Å². The Balaban J connectivity index is 1.78. The lowest BCUT2D eigenvalue weighted by atomic mass is 10.2. The van der Waals surface area contributed by atoms with Crippen LogP contribution in [0.4, 0.5) is 22.7 Å². The maximum atomic E-state index is 13.6. The molecule has 3 rings (SSSR count). The number of halogens is 4. The van der Waals surface area contributed by atoms with Gasteiger partial charge in [-0.25, -0.2) is 22.5 Å². The lowest BCUT2D eigenvalue weighted by Crippen LogP contribution is -2.07. The summed E-state index contributed by atoms with van der Waals surface area (Å²) >= 11 is 0.813. The summed E-state index contributed by atoms with van der Waals surface area (Å²) in [7, 11) is 0. The zero-order chi connectivity index (χ0) is 17.3. The van der Waals surface area contributed by atoms with Crippen LogP contribution in [-0.2, 0) is 4.79 Å². The topological polar surface area (TPSA) is 42.0 Å². The molecule has 3 aromatic rings.